The number of fused-ring (bicyclic) bond motifs is 1. The zero-order chi connectivity index (χ0) is 23.4. The molecule has 168 valence electrons. The molecule has 7 nitrogen and oxygen atoms in total. The third kappa shape index (κ3) is 4.47. The van der Waals surface area contributed by atoms with Gasteiger partial charge in [-0.2, -0.15) is 10.2 Å². The number of hydrogen-bond donors (Lipinski definition) is 1. The maximum atomic E-state index is 9.66. The first-order valence-corrected chi connectivity index (χ1v) is 10.6. The molecule has 33 heavy (non-hydrogen) atoms. The standard InChI is InChI=1S/C26H26N4O3/c1-30(2)22(18-12-13-23(31-3)24(14-18)32-4)16-28-26-21(15-27)29-25(33-26)20-11-7-9-17-8-5-6-10-19(17)20/h5-14,22,28H,16H2,1-4H3/t22-/m1/s1. The van der Waals surface area contributed by atoms with Crippen LogP contribution in [-0.2, 0) is 0 Å². The van der Waals surface area contributed by atoms with Crippen molar-refractivity contribution in [1.29, 1.82) is 5.26 Å². The third-order valence-corrected chi connectivity index (χ3v) is 5.62. The molecule has 0 saturated carbocycles. The van der Waals surface area contributed by atoms with Crippen LogP contribution < -0.4 is 14.8 Å². The third-order valence-electron chi connectivity index (χ3n) is 5.62. The van der Waals surface area contributed by atoms with E-state index in [0.29, 0.717) is 29.8 Å². The van der Waals surface area contributed by atoms with E-state index in [4.69, 9.17) is 13.9 Å². The van der Waals surface area contributed by atoms with E-state index in [0.717, 1.165) is 21.9 Å². The molecule has 1 atom stereocenters. The summed E-state index contributed by atoms with van der Waals surface area (Å²) in [6.45, 7) is 0.501. The van der Waals surface area contributed by atoms with Crippen LogP contribution in [0.15, 0.2) is 65.1 Å². The van der Waals surface area contributed by atoms with E-state index in [1.807, 2.05) is 74.8 Å². The number of rotatable bonds is 8. The van der Waals surface area contributed by atoms with Gasteiger partial charge in [-0.05, 0) is 48.6 Å². The van der Waals surface area contributed by atoms with Gasteiger partial charge in [-0.25, -0.2) is 0 Å². The minimum absolute atomic E-state index is 0.0116. The number of anilines is 1. The molecule has 4 rings (SSSR count). The molecule has 0 bridgehead atoms. The lowest BCUT2D eigenvalue weighted by Crippen LogP contribution is -2.27. The van der Waals surface area contributed by atoms with Crippen molar-refractivity contribution in [3.8, 4) is 29.0 Å². The van der Waals surface area contributed by atoms with E-state index in [-0.39, 0.29) is 11.7 Å². The van der Waals surface area contributed by atoms with Crippen molar-refractivity contribution in [3.63, 3.8) is 0 Å². The highest BCUT2D eigenvalue weighted by atomic mass is 16.5. The molecule has 0 saturated heterocycles. The zero-order valence-electron chi connectivity index (χ0n) is 19.1. The van der Waals surface area contributed by atoms with Crippen molar-refractivity contribution in [2.75, 3.05) is 40.2 Å². The summed E-state index contributed by atoms with van der Waals surface area (Å²) in [6, 6.07) is 21.9. The molecule has 1 N–H and O–H groups in total. The number of aromatic nitrogens is 1. The molecule has 0 radical (unpaired) electrons. The van der Waals surface area contributed by atoms with Gasteiger partial charge in [0, 0.05) is 12.1 Å². The largest absolute Gasteiger partial charge is 0.493 e. The summed E-state index contributed by atoms with van der Waals surface area (Å²) < 4.78 is 16.9. The van der Waals surface area contributed by atoms with Crippen molar-refractivity contribution < 1.29 is 13.9 Å². The van der Waals surface area contributed by atoms with Crippen LogP contribution >= 0.6 is 0 Å². The molecule has 4 aromatic rings. The summed E-state index contributed by atoms with van der Waals surface area (Å²) >= 11 is 0. The van der Waals surface area contributed by atoms with Crippen LogP contribution in [0.1, 0.15) is 17.3 Å². The van der Waals surface area contributed by atoms with Crippen LogP contribution in [0, 0.1) is 11.3 Å². The summed E-state index contributed by atoms with van der Waals surface area (Å²) in [6.07, 6.45) is 0. The number of benzene rings is 3. The van der Waals surface area contributed by atoms with Crippen molar-refractivity contribution >= 4 is 16.7 Å². The first-order valence-electron chi connectivity index (χ1n) is 10.6. The van der Waals surface area contributed by atoms with Gasteiger partial charge in [-0.3, -0.25) is 0 Å². The summed E-state index contributed by atoms with van der Waals surface area (Å²) in [7, 11) is 7.23. The maximum Gasteiger partial charge on any atom is 0.232 e. The molecule has 1 aromatic heterocycles. The molecule has 0 aliphatic rings. The van der Waals surface area contributed by atoms with Gasteiger partial charge in [0.15, 0.2) is 11.5 Å². The average molecular weight is 443 g/mol. The number of nitriles is 1. The highest BCUT2D eigenvalue weighted by Crippen LogP contribution is 2.33. The van der Waals surface area contributed by atoms with Gasteiger partial charge in [0.25, 0.3) is 0 Å². The Kier molecular flexibility index (Phi) is 6.48. The maximum absolute atomic E-state index is 9.66. The van der Waals surface area contributed by atoms with Crippen LogP contribution in [0.5, 0.6) is 11.5 Å². The average Bonchev–Trinajstić information content (AvgIpc) is 3.26. The first-order chi connectivity index (χ1) is 16.0. The fraction of sp³-hybridized carbons (Fsp3) is 0.231. The van der Waals surface area contributed by atoms with Crippen molar-refractivity contribution in [2.45, 2.75) is 6.04 Å². The number of likely N-dealkylation sites (N-methyl/N-ethyl adjacent to an activating group) is 1. The molecule has 0 spiro atoms. The van der Waals surface area contributed by atoms with E-state index in [9.17, 15) is 5.26 Å². The molecule has 0 aliphatic carbocycles. The number of oxazole rings is 1. The predicted octanol–water partition coefficient (Wildman–Crippen LogP) is 5.10. The molecule has 1 heterocycles. The summed E-state index contributed by atoms with van der Waals surface area (Å²) in [5, 5.41) is 15.0. The normalized spacial score (nSPS) is 11.9. The number of ether oxygens (including phenoxy) is 2. The van der Waals surface area contributed by atoms with E-state index in [2.05, 4.69) is 21.3 Å². The van der Waals surface area contributed by atoms with Crippen molar-refractivity contribution in [2.24, 2.45) is 0 Å². The molecule has 3 aromatic carbocycles. The topological polar surface area (TPSA) is 83.5 Å². The monoisotopic (exact) mass is 442 g/mol. The fourth-order valence-electron chi connectivity index (χ4n) is 3.89. The van der Waals surface area contributed by atoms with Gasteiger partial charge in [0.1, 0.15) is 6.07 Å². The Bertz CT molecular complexity index is 1300. The molecule has 0 amide bonds. The Hall–Kier alpha value is -4.02. The second-order valence-corrected chi connectivity index (χ2v) is 7.81. The van der Waals surface area contributed by atoms with Gasteiger partial charge in [0.2, 0.25) is 17.5 Å². The predicted molar refractivity (Wildman–Crippen MR) is 129 cm³/mol. The van der Waals surface area contributed by atoms with Crippen LogP contribution in [-0.4, -0.2) is 44.7 Å². The molecule has 0 aliphatic heterocycles. The second-order valence-electron chi connectivity index (χ2n) is 7.81. The van der Waals surface area contributed by atoms with Gasteiger partial charge >= 0.3 is 0 Å². The fourth-order valence-corrected chi connectivity index (χ4v) is 3.89. The Labute approximate surface area is 193 Å². The minimum atomic E-state index is -0.0116. The van der Waals surface area contributed by atoms with E-state index in [1.54, 1.807) is 14.2 Å². The number of hydrogen-bond acceptors (Lipinski definition) is 7. The van der Waals surface area contributed by atoms with Gasteiger partial charge in [-0.15, -0.1) is 0 Å². The summed E-state index contributed by atoms with van der Waals surface area (Å²) in [5.41, 5.74) is 2.11. The quantitative estimate of drug-likeness (QED) is 0.406. The van der Waals surface area contributed by atoms with Crippen molar-refractivity contribution in [1.82, 2.24) is 9.88 Å². The summed E-state index contributed by atoms with van der Waals surface area (Å²) in [5.74, 6) is 2.11. The summed E-state index contributed by atoms with van der Waals surface area (Å²) in [4.78, 5) is 6.54. The Morgan fingerprint density at radius 2 is 1.79 bits per heavy atom. The minimum Gasteiger partial charge on any atom is -0.493 e. The lowest BCUT2D eigenvalue weighted by atomic mass is 10.0. The Morgan fingerprint density at radius 3 is 2.52 bits per heavy atom. The number of methoxy groups -OCH3 is 2. The van der Waals surface area contributed by atoms with Crippen LogP contribution in [0.4, 0.5) is 5.88 Å². The lowest BCUT2D eigenvalue weighted by molar-refractivity contribution is 0.307. The van der Waals surface area contributed by atoms with Crippen LogP contribution in [0.25, 0.3) is 22.2 Å². The van der Waals surface area contributed by atoms with Gasteiger partial charge in [-0.1, -0.05) is 42.5 Å². The van der Waals surface area contributed by atoms with Gasteiger partial charge < -0.3 is 24.1 Å². The highest BCUT2D eigenvalue weighted by Gasteiger charge is 2.20. The van der Waals surface area contributed by atoms with Crippen molar-refractivity contribution in [3.05, 3.63) is 71.9 Å². The highest BCUT2D eigenvalue weighted by molar-refractivity contribution is 5.94. The lowest BCUT2D eigenvalue weighted by Gasteiger charge is -2.25. The van der Waals surface area contributed by atoms with E-state index >= 15 is 0 Å². The Balaban J connectivity index is 1.62. The smallest absolute Gasteiger partial charge is 0.232 e. The SMILES string of the molecule is COc1ccc([C@@H](CNc2oc(-c3cccc4ccccc34)nc2C#N)N(C)C)cc1OC. The molecule has 0 unspecified atom stereocenters. The number of nitrogens with one attached hydrogen (secondary N) is 1. The van der Waals surface area contributed by atoms with E-state index in [1.165, 1.54) is 0 Å². The van der Waals surface area contributed by atoms with Crippen LogP contribution in [0.3, 0.4) is 0 Å². The molecule has 0 fully saturated rings. The first kappa shape index (κ1) is 22.2. The zero-order valence-corrected chi connectivity index (χ0v) is 19.1. The molecular weight excluding hydrogens is 416 g/mol. The number of nitrogens with zero attached hydrogens (tertiary/aromatic N) is 3. The van der Waals surface area contributed by atoms with E-state index < -0.39 is 0 Å². The molecular formula is C26H26N4O3. The second kappa shape index (κ2) is 9.63. The molecule has 7 heteroatoms. The Morgan fingerprint density at radius 1 is 1.03 bits per heavy atom. The van der Waals surface area contributed by atoms with Gasteiger partial charge in [0.05, 0.1) is 20.3 Å². The van der Waals surface area contributed by atoms with Crippen LogP contribution in [0.2, 0.25) is 0 Å².